The quantitative estimate of drug-likeness (QED) is 0.796. The summed E-state index contributed by atoms with van der Waals surface area (Å²) in [6.07, 6.45) is 5.95. The van der Waals surface area contributed by atoms with E-state index in [0.29, 0.717) is 24.5 Å². The van der Waals surface area contributed by atoms with Gasteiger partial charge in [-0.1, -0.05) is 54.8 Å². The lowest BCUT2D eigenvalue weighted by Crippen LogP contribution is -2.87. The Morgan fingerprint density at radius 3 is 2.64 bits per heavy atom. The van der Waals surface area contributed by atoms with Gasteiger partial charge in [0.05, 0.1) is 0 Å². The van der Waals surface area contributed by atoms with Gasteiger partial charge in [-0.3, -0.25) is 4.79 Å². The number of nitrogens with two attached hydrogens (primary N) is 1. The van der Waals surface area contributed by atoms with Crippen LogP contribution in [-0.2, 0) is 4.79 Å². The normalized spacial score (nSPS) is 23.0. The van der Waals surface area contributed by atoms with E-state index >= 15 is 0 Å². The van der Waals surface area contributed by atoms with Crippen LogP contribution in [0.2, 0.25) is 0 Å². The van der Waals surface area contributed by atoms with Crippen LogP contribution in [0.3, 0.4) is 0 Å². The van der Waals surface area contributed by atoms with Gasteiger partial charge in [-0.2, -0.15) is 0 Å². The molecule has 0 heterocycles. The van der Waals surface area contributed by atoms with Gasteiger partial charge in [-0.25, -0.2) is 0 Å². The molecule has 1 aromatic rings. The van der Waals surface area contributed by atoms with Crippen molar-refractivity contribution in [2.24, 2.45) is 5.92 Å². The molecule has 3 N–H and O–H groups in total. The van der Waals surface area contributed by atoms with E-state index in [1.165, 1.54) is 24.8 Å². The first-order valence-corrected chi connectivity index (χ1v) is 9.27. The Morgan fingerprint density at radius 2 is 2.00 bits per heavy atom. The summed E-state index contributed by atoms with van der Waals surface area (Å²) in [5.74, 6) is 0.792. The summed E-state index contributed by atoms with van der Waals surface area (Å²) in [5, 5.41) is 5.39. The van der Waals surface area contributed by atoms with Gasteiger partial charge >= 0.3 is 0 Å². The van der Waals surface area contributed by atoms with Gasteiger partial charge in [-0.15, -0.1) is 0 Å². The number of carbonyl (C=O) groups excluding carboxylic acids is 1. The number of halogens is 1. The molecule has 22 heavy (non-hydrogen) atoms. The third kappa shape index (κ3) is 5.10. The van der Waals surface area contributed by atoms with Crippen molar-refractivity contribution in [2.75, 3.05) is 6.54 Å². The fourth-order valence-electron chi connectivity index (χ4n) is 3.29. The first kappa shape index (κ1) is 17.5. The molecule has 0 aliphatic heterocycles. The van der Waals surface area contributed by atoms with Crippen molar-refractivity contribution >= 4 is 21.8 Å². The molecular formula is C18H28BrN2O+. The van der Waals surface area contributed by atoms with E-state index in [1.807, 2.05) is 0 Å². The second-order valence-electron chi connectivity index (χ2n) is 6.44. The van der Waals surface area contributed by atoms with Crippen LogP contribution in [0.4, 0.5) is 0 Å². The van der Waals surface area contributed by atoms with Crippen molar-refractivity contribution in [3.05, 3.63) is 34.3 Å². The Morgan fingerprint density at radius 1 is 1.32 bits per heavy atom. The number of hydrogen-bond acceptors (Lipinski definition) is 1. The average molecular weight is 368 g/mol. The van der Waals surface area contributed by atoms with Crippen molar-refractivity contribution in [1.82, 2.24) is 5.32 Å². The van der Waals surface area contributed by atoms with Crippen LogP contribution in [-0.4, -0.2) is 18.5 Å². The van der Waals surface area contributed by atoms with Crippen LogP contribution < -0.4 is 10.6 Å². The number of quaternary nitrogens is 1. The standard InChI is InChI=1S/C18H27BrN2O/c1-3-16(14-8-10-15(19)11-9-14)20-12-18(22)21-17-7-5-4-6-13(17)2/h8-11,13,16-17,20H,3-7,12H2,1-2H3,(H,21,22)/p+1/t13-,16+,17-/m0/s1. The molecule has 1 aliphatic carbocycles. The second-order valence-corrected chi connectivity index (χ2v) is 7.36. The minimum absolute atomic E-state index is 0.175. The smallest absolute Gasteiger partial charge is 0.275 e. The summed E-state index contributed by atoms with van der Waals surface area (Å²) < 4.78 is 1.09. The van der Waals surface area contributed by atoms with Gasteiger partial charge in [0.2, 0.25) is 0 Å². The van der Waals surface area contributed by atoms with Gasteiger partial charge in [-0.05, 0) is 30.9 Å². The Balaban J connectivity index is 1.82. The van der Waals surface area contributed by atoms with E-state index in [1.54, 1.807) is 0 Å². The summed E-state index contributed by atoms with van der Waals surface area (Å²) in [4.78, 5) is 12.2. The molecule has 3 nitrogen and oxygen atoms in total. The average Bonchev–Trinajstić information content (AvgIpc) is 2.52. The summed E-state index contributed by atoms with van der Waals surface area (Å²) in [6, 6.07) is 9.13. The van der Waals surface area contributed by atoms with Crippen LogP contribution in [0, 0.1) is 5.92 Å². The third-order valence-electron chi connectivity index (χ3n) is 4.78. The lowest BCUT2D eigenvalue weighted by molar-refractivity contribution is -0.686. The van der Waals surface area contributed by atoms with E-state index in [9.17, 15) is 4.79 Å². The molecule has 2 rings (SSSR count). The van der Waals surface area contributed by atoms with Gasteiger partial charge in [0.1, 0.15) is 6.04 Å². The molecule has 0 aromatic heterocycles. The molecule has 4 heteroatoms. The number of rotatable bonds is 6. The molecular weight excluding hydrogens is 340 g/mol. The number of nitrogens with one attached hydrogen (secondary N) is 1. The molecule has 0 spiro atoms. The van der Waals surface area contributed by atoms with Gasteiger partial charge in [0.15, 0.2) is 6.54 Å². The molecule has 1 aliphatic rings. The zero-order valence-corrected chi connectivity index (χ0v) is 15.2. The lowest BCUT2D eigenvalue weighted by Gasteiger charge is -2.29. The highest BCUT2D eigenvalue weighted by Gasteiger charge is 2.23. The molecule has 1 amide bonds. The SMILES string of the molecule is CC[C@@H]([NH2+]CC(=O)N[C@H]1CCCC[C@@H]1C)c1ccc(Br)cc1. The molecule has 122 valence electrons. The predicted octanol–water partition coefficient (Wildman–Crippen LogP) is 3.16. The van der Waals surface area contributed by atoms with Crippen LogP contribution >= 0.6 is 15.9 Å². The molecule has 0 bridgehead atoms. The minimum atomic E-state index is 0.175. The van der Waals surface area contributed by atoms with E-state index in [0.717, 1.165) is 17.3 Å². The highest BCUT2D eigenvalue weighted by atomic mass is 79.9. The highest BCUT2D eigenvalue weighted by molar-refractivity contribution is 9.10. The van der Waals surface area contributed by atoms with Gasteiger partial charge in [0, 0.05) is 22.5 Å². The maximum absolute atomic E-state index is 12.2. The Bertz CT molecular complexity index is 474. The molecule has 1 saturated carbocycles. The van der Waals surface area contributed by atoms with Crippen LogP contribution in [0.5, 0.6) is 0 Å². The van der Waals surface area contributed by atoms with Crippen LogP contribution in [0.1, 0.15) is 57.6 Å². The predicted molar refractivity (Wildman–Crippen MR) is 93.5 cm³/mol. The third-order valence-corrected chi connectivity index (χ3v) is 5.31. The summed E-state index contributed by atoms with van der Waals surface area (Å²) in [7, 11) is 0. The van der Waals surface area contributed by atoms with E-state index in [-0.39, 0.29) is 5.91 Å². The van der Waals surface area contributed by atoms with E-state index in [2.05, 4.69) is 64.7 Å². The molecule has 3 atom stereocenters. The maximum atomic E-state index is 12.2. The van der Waals surface area contributed by atoms with Crippen molar-refractivity contribution in [3.8, 4) is 0 Å². The van der Waals surface area contributed by atoms with Crippen molar-refractivity contribution in [2.45, 2.75) is 58.0 Å². The molecule has 0 saturated heterocycles. The summed E-state index contributed by atoms with van der Waals surface area (Å²) >= 11 is 3.47. The second kappa shape index (κ2) is 8.68. The minimum Gasteiger partial charge on any atom is -0.348 e. The first-order chi connectivity index (χ1) is 10.6. The first-order valence-electron chi connectivity index (χ1n) is 8.48. The number of carbonyl (C=O) groups is 1. The zero-order chi connectivity index (χ0) is 15.9. The largest absolute Gasteiger partial charge is 0.348 e. The topological polar surface area (TPSA) is 45.7 Å². The Labute approximate surface area is 142 Å². The highest BCUT2D eigenvalue weighted by Crippen LogP contribution is 2.23. The Hall–Kier alpha value is -0.870. The van der Waals surface area contributed by atoms with Gasteiger partial charge in [0.25, 0.3) is 5.91 Å². The fourth-order valence-corrected chi connectivity index (χ4v) is 3.56. The van der Waals surface area contributed by atoms with Crippen LogP contribution in [0.15, 0.2) is 28.7 Å². The lowest BCUT2D eigenvalue weighted by atomic mass is 9.86. The summed E-state index contributed by atoms with van der Waals surface area (Å²) in [5.41, 5.74) is 1.28. The van der Waals surface area contributed by atoms with E-state index < -0.39 is 0 Å². The van der Waals surface area contributed by atoms with Crippen molar-refractivity contribution in [1.29, 1.82) is 0 Å². The number of benzene rings is 1. The zero-order valence-electron chi connectivity index (χ0n) is 13.6. The van der Waals surface area contributed by atoms with E-state index in [4.69, 9.17) is 0 Å². The fraction of sp³-hybridized carbons (Fsp3) is 0.611. The van der Waals surface area contributed by atoms with Crippen LogP contribution in [0.25, 0.3) is 0 Å². The van der Waals surface area contributed by atoms with Gasteiger partial charge < -0.3 is 10.6 Å². The monoisotopic (exact) mass is 367 g/mol. The molecule has 1 aromatic carbocycles. The summed E-state index contributed by atoms with van der Waals surface area (Å²) in [6.45, 7) is 4.94. The number of amides is 1. The van der Waals surface area contributed by atoms with Crippen molar-refractivity contribution < 1.29 is 10.1 Å². The molecule has 0 unspecified atom stereocenters. The number of hydrogen-bond donors (Lipinski definition) is 2. The molecule has 0 radical (unpaired) electrons. The van der Waals surface area contributed by atoms with Crippen molar-refractivity contribution in [3.63, 3.8) is 0 Å². The molecule has 1 fully saturated rings. The Kier molecular flexibility index (Phi) is 6.90. The maximum Gasteiger partial charge on any atom is 0.275 e.